The number of halogens is 3. The maximum absolute atomic E-state index is 12.7. The first-order valence-corrected chi connectivity index (χ1v) is 9.84. The Bertz CT molecular complexity index is 853. The topological polar surface area (TPSA) is 71.1 Å². The first-order chi connectivity index (χ1) is 13.7. The number of rotatable bonds is 6. The zero-order valence-corrected chi connectivity index (χ0v) is 16.4. The Morgan fingerprint density at radius 1 is 1.10 bits per heavy atom. The Kier molecular flexibility index (Phi) is 6.13. The van der Waals surface area contributed by atoms with Crippen molar-refractivity contribution in [2.24, 2.45) is 0 Å². The third-order valence-electron chi connectivity index (χ3n) is 4.34. The number of alkyl halides is 3. The fraction of sp³-hybridized carbons (Fsp3) is 0.316. The molecular weight excluding hydrogens is 411 g/mol. The molecule has 2 aromatic rings. The summed E-state index contributed by atoms with van der Waals surface area (Å²) in [4.78, 5) is 13.9. The lowest BCUT2D eigenvalue weighted by Gasteiger charge is -2.26. The lowest BCUT2D eigenvalue weighted by atomic mass is 10.1. The van der Waals surface area contributed by atoms with Crippen molar-refractivity contribution in [3.63, 3.8) is 0 Å². The van der Waals surface area contributed by atoms with E-state index < -0.39 is 22.9 Å². The highest BCUT2D eigenvalue weighted by Gasteiger charge is 2.46. The highest BCUT2D eigenvalue weighted by molar-refractivity contribution is 7.92. The molecule has 0 bridgehead atoms. The molecule has 156 valence electrons. The molecule has 0 aliphatic carbocycles. The standard InChI is InChI=1S/C19H18F3NO5S/c1-26-14-4-3-5-15(27-2)17(14)18-23(16(24)11-29(18)25)10-12-6-8-13(9-7-12)28-19(20,21)22/h3-9,18H,10-11H2,1-2H3. The minimum Gasteiger partial charge on any atom is -0.614 e. The van der Waals surface area contributed by atoms with Crippen molar-refractivity contribution in [3.8, 4) is 17.2 Å². The fourth-order valence-corrected chi connectivity index (χ4v) is 4.67. The highest BCUT2D eigenvalue weighted by Crippen LogP contribution is 2.44. The second-order valence-electron chi connectivity index (χ2n) is 6.17. The smallest absolute Gasteiger partial charge is 0.573 e. The second kappa shape index (κ2) is 8.42. The van der Waals surface area contributed by atoms with E-state index in [0.717, 1.165) is 0 Å². The molecule has 1 fully saturated rings. The van der Waals surface area contributed by atoms with Crippen LogP contribution in [0.2, 0.25) is 0 Å². The number of methoxy groups -OCH3 is 2. The molecule has 10 heteroatoms. The number of carbonyl (C=O) groups is 1. The van der Waals surface area contributed by atoms with E-state index in [4.69, 9.17) is 9.47 Å². The van der Waals surface area contributed by atoms with Gasteiger partial charge in [-0.2, -0.15) is 0 Å². The van der Waals surface area contributed by atoms with E-state index in [2.05, 4.69) is 4.74 Å². The summed E-state index contributed by atoms with van der Waals surface area (Å²) in [6.45, 7) is 0.0583. The van der Waals surface area contributed by atoms with E-state index in [-0.39, 0.29) is 24.0 Å². The quantitative estimate of drug-likeness (QED) is 0.659. The molecule has 0 aromatic heterocycles. The SMILES string of the molecule is COc1cccc(OC)c1C1N(Cc2ccc(OC(F)(F)F)cc2)C(=O)C[S+]1[O-]. The van der Waals surface area contributed by atoms with Crippen molar-refractivity contribution in [1.29, 1.82) is 0 Å². The van der Waals surface area contributed by atoms with Crippen LogP contribution >= 0.6 is 0 Å². The first kappa shape index (κ1) is 21.1. The van der Waals surface area contributed by atoms with Crippen molar-refractivity contribution in [1.82, 2.24) is 4.90 Å². The summed E-state index contributed by atoms with van der Waals surface area (Å²) in [5, 5.41) is -0.806. The van der Waals surface area contributed by atoms with E-state index in [0.29, 0.717) is 22.6 Å². The molecule has 2 aromatic carbocycles. The average molecular weight is 429 g/mol. The minimum atomic E-state index is -4.78. The number of amides is 1. The van der Waals surface area contributed by atoms with Crippen LogP contribution in [0.4, 0.5) is 13.2 Å². The molecule has 1 saturated heterocycles. The highest BCUT2D eigenvalue weighted by atomic mass is 32.2. The molecule has 3 rings (SSSR count). The number of benzene rings is 2. The summed E-state index contributed by atoms with van der Waals surface area (Å²) < 4.78 is 64.3. The minimum absolute atomic E-state index is 0.0583. The maximum Gasteiger partial charge on any atom is 0.573 e. The number of hydrogen-bond donors (Lipinski definition) is 0. The lowest BCUT2D eigenvalue weighted by molar-refractivity contribution is -0.274. The summed E-state index contributed by atoms with van der Waals surface area (Å²) in [6.07, 6.45) is -4.78. The summed E-state index contributed by atoms with van der Waals surface area (Å²) in [5.74, 6) is -0.00805. The van der Waals surface area contributed by atoms with Crippen molar-refractivity contribution in [2.45, 2.75) is 18.3 Å². The van der Waals surface area contributed by atoms with Gasteiger partial charge in [-0.3, -0.25) is 9.69 Å². The molecule has 1 amide bonds. The Balaban J connectivity index is 1.89. The molecule has 1 aliphatic heterocycles. The maximum atomic E-state index is 12.7. The Hall–Kier alpha value is -2.59. The third kappa shape index (κ3) is 4.70. The van der Waals surface area contributed by atoms with Gasteiger partial charge in [-0.15, -0.1) is 13.2 Å². The molecule has 2 unspecified atom stereocenters. The molecule has 0 radical (unpaired) electrons. The van der Waals surface area contributed by atoms with Crippen molar-refractivity contribution >= 4 is 17.1 Å². The van der Waals surface area contributed by atoms with Gasteiger partial charge in [-0.05, 0) is 41.0 Å². The zero-order valence-electron chi connectivity index (χ0n) is 15.6. The Morgan fingerprint density at radius 2 is 1.69 bits per heavy atom. The molecule has 0 spiro atoms. The largest absolute Gasteiger partial charge is 0.614 e. The molecule has 2 atom stereocenters. The second-order valence-corrected chi connectivity index (χ2v) is 7.66. The van der Waals surface area contributed by atoms with Crippen LogP contribution in [0.5, 0.6) is 17.2 Å². The van der Waals surface area contributed by atoms with Gasteiger partial charge >= 0.3 is 6.36 Å². The number of carbonyl (C=O) groups excluding carboxylic acids is 1. The van der Waals surface area contributed by atoms with E-state index in [1.54, 1.807) is 18.2 Å². The molecule has 0 N–H and O–H groups in total. The van der Waals surface area contributed by atoms with E-state index in [1.165, 1.54) is 43.4 Å². The van der Waals surface area contributed by atoms with Crippen LogP contribution in [0.1, 0.15) is 16.5 Å². The van der Waals surface area contributed by atoms with Gasteiger partial charge in [0.2, 0.25) is 5.37 Å². The lowest BCUT2D eigenvalue weighted by Crippen LogP contribution is -2.29. The Labute approximate surface area is 168 Å². The van der Waals surface area contributed by atoms with Gasteiger partial charge in [-0.1, -0.05) is 18.2 Å². The van der Waals surface area contributed by atoms with Gasteiger partial charge in [-0.25, -0.2) is 0 Å². The predicted molar refractivity (Wildman–Crippen MR) is 99.0 cm³/mol. The molecule has 1 aliphatic rings. The van der Waals surface area contributed by atoms with Gasteiger partial charge in [0.15, 0.2) is 5.75 Å². The van der Waals surface area contributed by atoms with Crippen molar-refractivity contribution in [2.75, 3.05) is 20.0 Å². The Morgan fingerprint density at radius 3 is 2.21 bits per heavy atom. The van der Waals surface area contributed by atoms with Crippen LogP contribution in [0, 0.1) is 0 Å². The fourth-order valence-electron chi connectivity index (χ4n) is 3.13. The third-order valence-corrected chi connectivity index (χ3v) is 5.86. The summed E-state index contributed by atoms with van der Waals surface area (Å²) in [7, 11) is 2.92. The van der Waals surface area contributed by atoms with Gasteiger partial charge in [0, 0.05) is 0 Å². The van der Waals surface area contributed by atoms with E-state index in [9.17, 15) is 22.5 Å². The van der Waals surface area contributed by atoms with Crippen LogP contribution in [0.25, 0.3) is 0 Å². The van der Waals surface area contributed by atoms with Crippen LogP contribution in [0.15, 0.2) is 42.5 Å². The van der Waals surface area contributed by atoms with E-state index in [1.807, 2.05) is 0 Å². The van der Waals surface area contributed by atoms with Crippen LogP contribution in [-0.2, 0) is 22.5 Å². The monoisotopic (exact) mass is 429 g/mol. The van der Waals surface area contributed by atoms with Crippen molar-refractivity contribution < 1.29 is 36.7 Å². The zero-order chi connectivity index (χ0) is 21.2. The van der Waals surface area contributed by atoms with Crippen molar-refractivity contribution in [3.05, 3.63) is 53.6 Å². The predicted octanol–water partition coefficient (Wildman–Crippen LogP) is 3.39. The van der Waals surface area contributed by atoms with Gasteiger partial charge in [0.05, 0.1) is 20.8 Å². The number of hydrogen-bond acceptors (Lipinski definition) is 5. The van der Waals surface area contributed by atoms with Gasteiger partial charge in [0.25, 0.3) is 5.91 Å². The normalized spacial score (nSPS) is 19.4. The van der Waals surface area contributed by atoms with Gasteiger partial charge in [0.1, 0.15) is 22.8 Å². The summed E-state index contributed by atoms with van der Waals surface area (Å²) >= 11 is -1.54. The van der Waals surface area contributed by atoms with Gasteiger partial charge < -0.3 is 18.8 Å². The van der Waals surface area contributed by atoms with Crippen LogP contribution in [-0.4, -0.2) is 41.7 Å². The molecule has 29 heavy (non-hydrogen) atoms. The number of nitrogens with zero attached hydrogens (tertiary/aromatic N) is 1. The molecule has 0 saturated carbocycles. The molecular formula is C19H18F3NO5S. The van der Waals surface area contributed by atoms with Crippen LogP contribution in [0.3, 0.4) is 0 Å². The summed E-state index contributed by atoms with van der Waals surface area (Å²) in [5.41, 5.74) is 1.05. The number of ether oxygens (including phenoxy) is 3. The van der Waals surface area contributed by atoms with E-state index >= 15 is 0 Å². The summed E-state index contributed by atoms with van der Waals surface area (Å²) in [6, 6.07) is 10.2. The van der Waals surface area contributed by atoms with Crippen LogP contribution < -0.4 is 14.2 Å². The average Bonchev–Trinajstić information content (AvgIpc) is 2.94. The first-order valence-electron chi connectivity index (χ1n) is 8.45. The molecule has 1 heterocycles. The molecule has 6 nitrogen and oxygen atoms in total.